The Bertz CT molecular complexity index is 434. The molecule has 3 heteroatoms. The van der Waals surface area contributed by atoms with Crippen molar-refractivity contribution in [2.75, 3.05) is 7.11 Å². The van der Waals surface area contributed by atoms with E-state index in [1.54, 1.807) is 7.11 Å². The van der Waals surface area contributed by atoms with E-state index in [0.717, 1.165) is 42.7 Å². The molecule has 0 bridgehead atoms. The van der Waals surface area contributed by atoms with Gasteiger partial charge in [-0.1, -0.05) is 6.07 Å². The first-order valence-corrected chi connectivity index (χ1v) is 6.85. The highest BCUT2D eigenvalue weighted by atomic mass is 16.5. The first-order chi connectivity index (χ1) is 8.71. The summed E-state index contributed by atoms with van der Waals surface area (Å²) in [6, 6.07) is 6.14. The van der Waals surface area contributed by atoms with E-state index in [1.165, 1.54) is 12.8 Å². The molecule has 0 atom stereocenters. The van der Waals surface area contributed by atoms with Crippen LogP contribution < -0.4 is 15.2 Å². The molecule has 3 rings (SSSR count). The van der Waals surface area contributed by atoms with Gasteiger partial charge in [-0.15, -0.1) is 0 Å². The van der Waals surface area contributed by atoms with Crippen molar-refractivity contribution in [3.63, 3.8) is 0 Å². The van der Waals surface area contributed by atoms with Gasteiger partial charge in [-0.3, -0.25) is 0 Å². The predicted molar refractivity (Wildman–Crippen MR) is 71.0 cm³/mol. The molecule has 18 heavy (non-hydrogen) atoms. The fourth-order valence-electron chi connectivity index (χ4n) is 2.68. The summed E-state index contributed by atoms with van der Waals surface area (Å²) in [4.78, 5) is 0. The predicted octanol–water partition coefficient (Wildman–Crippen LogP) is 2.96. The van der Waals surface area contributed by atoms with Gasteiger partial charge in [-0.2, -0.15) is 0 Å². The van der Waals surface area contributed by atoms with Gasteiger partial charge in [-0.25, -0.2) is 0 Å². The fourth-order valence-corrected chi connectivity index (χ4v) is 2.68. The monoisotopic (exact) mass is 247 g/mol. The molecule has 98 valence electrons. The fraction of sp³-hybridized carbons (Fsp3) is 0.600. The van der Waals surface area contributed by atoms with Gasteiger partial charge < -0.3 is 15.2 Å². The molecule has 3 nitrogen and oxygen atoms in total. The second-order valence-corrected chi connectivity index (χ2v) is 5.55. The van der Waals surface area contributed by atoms with Gasteiger partial charge in [0.05, 0.1) is 13.2 Å². The molecule has 0 aromatic heterocycles. The van der Waals surface area contributed by atoms with Crippen molar-refractivity contribution < 1.29 is 9.47 Å². The summed E-state index contributed by atoms with van der Waals surface area (Å²) in [6.45, 7) is 0. The van der Waals surface area contributed by atoms with Crippen molar-refractivity contribution in [2.24, 2.45) is 5.73 Å². The molecule has 0 amide bonds. The van der Waals surface area contributed by atoms with Crippen molar-refractivity contribution in [2.45, 2.75) is 50.2 Å². The van der Waals surface area contributed by atoms with Crippen LogP contribution in [0.5, 0.6) is 11.5 Å². The molecule has 2 aliphatic carbocycles. The van der Waals surface area contributed by atoms with E-state index in [4.69, 9.17) is 15.2 Å². The van der Waals surface area contributed by atoms with Crippen LogP contribution in [0.15, 0.2) is 18.2 Å². The number of ether oxygens (including phenoxy) is 2. The molecule has 0 radical (unpaired) electrons. The Kier molecular flexibility index (Phi) is 2.94. The zero-order valence-electron chi connectivity index (χ0n) is 10.9. The number of hydrogen-bond acceptors (Lipinski definition) is 3. The number of benzene rings is 1. The van der Waals surface area contributed by atoms with E-state index >= 15 is 0 Å². The van der Waals surface area contributed by atoms with Crippen molar-refractivity contribution in [3.8, 4) is 11.5 Å². The summed E-state index contributed by atoms with van der Waals surface area (Å²) in [6.07, 6.45) is 7.36. The minimum atomic E-state index is -0.112. The van der Waals surface area contributed by atoms with Crippen molar-refractivity contribution >= 4 is 0 Å². The van der Waals surface area contributed by atoms with Crippen molar-refractivity contribution in [1.82, 2.24) is 0 Å². The van der Waals surface area contributed by atoms with Crippen LogP contribution in [0.4, 0.5) is 0 Å². The molecule has 0 saturated heterocycles. The molecule has 0 heterocycles. The molecule has 2 aliphatic rings. The Morgan fingerprint density at radius 2 is 1.89 bits per heavy atom. The van der Waals surface area contributed by atoms with E-state index in [9.17, 15) is 0 Å². The average molecular weight is 247 g/mol. The maximum absolute atomic E-state index is 6.21. The first kappa shape index (κ1) is 11.8. The van der Waals surface area contributed by atoms with Gasteiger partial charge in [0.15, 0.2) is 11.5 Å². The van der Waals surface area contributed by atoms with Gasteiger partial charge in [0.25, 0.3) is 0 Å². The number of hydrogen-bond donors (Lipinski definition) is 1. The number of methoxy groups -OCH3 is 1. The highest BCUT2D eigenvalue weighted by Crippen LogP contribution is 2.45. The zero-order chi connectivity index (χ0) is 12.6. The second-order valence-electron chi connectivity index (χ2n) is 5.55. The summed E-state index contributed by atoms with van der Waals surface area (Å²) >= 11 is 0. The lowest BCUT2D eigenvalue weighted by atomic mass is 10.1. The second kappa shape index (κ2) is 4.47. The number of nitrogens with two attached hydrogens (primary N) is 1. The molecule has 1 aromatic rings. The summed E-state index contributed by atoms with van der Waals surface area (Å²) in [5, 5.41) is 0. The summed E-state index contributed by atoms with van der Waals surface area (Å²) in [5.74, 6) is 1.67. The van der Waals surface area contributed by atoms with Crippen molar-refractivity contribution in [1.29, 1.82) is 0 Å². The minimum Gasteiger partial charge on any atom is -0.493 e. The lowest BCUT2D eigenvalue weighted by Gasteiger charge is -2.18. The third-order valence-corrected chi connectivity index (χ3v) is 4.12. The smallest absolute Gasteiger partial charge is 0.161 e. The molecular weight excluding hydrogens is 226 g/mol. The van der Waals surface area contributed by atoms with Gasteiger partial charge in [0.2, 0.25) is 0 Å². The largest absolute Gasteiger partial charge is 0.493 e. The normalized spacial score (nSPS) is 21.9. The van der Waals surface area contributed by atoms with E-state index in [2.05, 4.69) is 6.07 Å². The van der Waals surface area contributed by atoms with Gasteiger partial charge in [-0.05, 0) is 56.2 Å². The molecule has 2 saturated carbocycles. The van der Waals surface area contributed by atoms with Gasteiger partial charge in [0.1, 0.15) is 0 Å². The van der Waals surface area contributed by atoms with E-state index < -0.39 is 0 Å². The third kappa shape index (κ3) is 2.19. The van der Waals surface area contributed by atoms with E-state index in [0.29, 0.717) is 6.10 Å². The van der Waals surface area contributed by atoms with Crippen LogP contribution >= 0.6 is 0 Å². The molecule has 0 spiro atoms. The van der Waals surface area contributed by atoms with Crippen LogP contribution in [0.3, 0.4) is 0 Å². The van der Waals surface area contributed by atoms with Crippen LogP contribution in [0, 0.1) is 0 Å². The van der Waals surface area contributed by atoms with E-state index in [1.807, 2.05) is 12.1 Å². The maximum Gasteiger partial charge on any atom is 0.161 e. The number of rotatable bonds is 4. The van der Waals surface area contributed by atoms with Crippen LogP contribution in [-0.2, 0) is 5.54 Å². The third-order valence-electron chi connectivity index (χ3n) is 4.12. The molecule has 2 N–H and O–H groups in total. The highest BCUT2D eigenvalue weighted by Gasteiger charge is 2.40. The molecule has 0 unspecified atom stereocenters. The minimum absolute atomic E-state index is 0.112. The maximum atomic E-state index is 6.21. The van der Waals surface area contributed by atoms with Crippen molar-refractivity contribution in [3.05, 3.63) is 23.8 Å². The lowest BCUT2D eigenvalue weighted by molar-refractivity contribution is 0.200. The van der Waals surface area contributed by atoms with Gasteiger partial charge in [0, 0.05) is 5.54 Å². The Morgan fingerprint density at radius 3 is 2.50 bits per heavy atom. The quantitative estimate of drug-likeness (QED) is 0.889. The highest BCUT2D eigenvalue weighted by molar-refractivity contribution is 5.46. The lowest BCUT2D eigenvalue weighted by Crippen LogP contribution is -2.19. The first-order valence-electron chi connectivity index (χ1n) is 6.85. The SMILES string of the molecule is COc1cc(C2(N)CC2)ccc1OC1CCCC1. The van der Waals surface area contributed by atoms with Gasteiger partial charge >= 0.3 is 0 Å². The standard InChI is InChI=1S/C15H21NO2/c1-17-14-10-11(15(16)8-9-15)6-7-13(14)18-12-4-2-3-5-12/h6-7,10,12H,2-5,8-9,16H2,1H3. The van der Waals surface area contributed by atoms with E-state index in [-0.39, 0.29) is 5.54 Å². The Balaban J connectivity index is 1.80. The molecule has 0 aliphatic heterocycles. The Hall–Kier alpha value is -1.22. The zero-order valence-corrected chi connectivity index (χ0v) is 10.9. The Morgan fingerprint density at radius 1 is 1.17 bits per heavy atom. The Labute approximate surface area is 108 Å². The molecule has 1 aromatic carbocycles. The van der Waals surface area contributed by atoms with Crippen LogP contribution in [0.1, 0.15) is 44.1 Å². The van der Waals surface area contributed by atoms with Crippen LogP contribution in [-0.4, -0.2) is 13.2 Å². The topological polar surface area (TPSA) is 44.5 Å². The summed E-state index contributed by atoms with van der Waals surface area (Å²) < 4.78 is 11.5. The average Bonchev–Trinajstić information content (AvgIpc) is 2.93. The van der Waals surface area contributed by atoms with Crippen LogP contribution in [0.2, 0.25) is 0 Å². The van der Waals surface area contributed by atoms with Crippen LogP contribution in [0.25, 0.3) is 0 Å². The summed E-state index contributed by atoms with van der Waals surface area (Å²) in [5.41, 5.74) is 7.26. The molecular formula is C15H21NO2. The summed E-state index contributed by atoms with van der Waals surface area (Å²) in [7, 11) is 1.69. The molecule has 2 fully saturated rings.